The molecule has 1 aliphatic heterocycles. The summed E-state index contributed by atoms with van der Waals surface area (Å²) in [6, 6.07) is 0. The summed E-state index contributed by atoms with van der Waals surface area (Å²) in [5.74, 6) is 0.918. The van der Waals surface area contributed by atoms with Crippen LogP contribution in [-0.2, 0) is 4.74 Å². The summed E-state index contributed by atoms with van der Waals surface area (Å²) in [6.45, 7) is 7.86. The van der Waals surface area contributed by atoms with Gasteiger partial charge in [0.05, 0.1) is 0 Å². The Balaban J connectivity index is 2.30. The fourth-order valence-corrected chi connectivity index (χ4v) is 2.92. The molecule has 0 saturated carbocycles. The monoisotopic (exact) mass is 227 g/mol. The predicted octanol–water partition coefficient (Wildman–Crippen LogP) is 3.22. The molecule has 0 radical (unpaired) electrons. The summed E-state index contributed by atoms with van der Waals surface area (Å²) in [5, 5.41) is 3.36. The van der Waals surface area contributed by atoms with Gasteiger partial charge in [-0.15, -0.1) is 0 Å². The van der Waals surface area contributed by atoms with Crippen LogP contribution in [0.15, 0.2) is 0 Å². The van der Waals surface area contributed by atoms with Gasteiger partial charge in [0.2, 0.25) is 0 Å². The molecule has 0 aromatic carbocycles. The van der Waals surface area contributed by atoms with Crippen LogP contribution in [0.25, 0.3) is 0 Å². The minimum atomic E-state index is 0.502. The summed E-state index contributed by atoms with van der Waals surface area (Å²) in [5.41, 5.74) is 0.502. The van der Waals surface area contributed by atoms with Gasteiger partial charge in [0.25, 0.3) is 0 Å². The molecule has 1 unspecified atom stereocenters. The van der Waals surface area contributed by atoms with Gasteiger partial charge in [-0.05, 0) is 50.5 Å². The highest BCUT2D eigenvalue weighted by Crippen LogP contribution is 2.32. The summed E-state index contributed by atoms with van der Waals surface area (Å²) in [4.78, 5) is 0. The van der Waals surface area contributed by atoms with Gasteiger partial charge in [0.1, 0.15) is 0 Å². The van der Waals surface area contributed by atoms with Gasteiger partial charge in [-0.3, -0.25) is 0 Å². The first-order valence-electron chi connectivity index (χ1n) is 6.92. The van der Waals surface area contributed by atoms with Crippen LogP contribution < -0.4 is 5.32 Å². The lowest BCUT2D eigenvalue weighted by molar-refractivity contribution is 0.0585. The Labute approximate surface area is 101 Å². The van der Waals surface area contributed by atoms with Crippen molar-refractivity contribution in [3.63, 3.8) is 0 Å². The van der Waals surface area contributed by atoms with Crippen LogP contribution in [0, 0.1) is 11.3 Å². The zero-order valence-electron chi connectivity index (χ0n) is 11.3. The molecule has 0 aromatic heterocycles. The van der Waals surface area contributed by atoms with E-state index in [-0.39, 0.29) is 0 Å². The van der Waals surface area contributed by atoms with Crippen molar-refractivity contribution in [2.45, 2.75) is 52.4 Å². The second-order valence-electron chi connectivity index (χ2n) is 5.69. The van der Waals surface area contributed by atoms with Crippen molar-refractivity contribution >= 4 is 0 Å². The van der Waals surface area contributed by atoms with Gasteiger partial charge in [-0.1, -0.05) is 20.3 Å². The molecule has 2 heteroatoms. The Bertz CT molecular complexity index is 170. The zero-order valence-corrected chi connectivity index (χ0v) is 11.3. The first-order chi connectivity index (χ1) is 7.70. The number of hydrogen-bond donors (Lipinski definition) is 1. The van der Waals surface area contributed by atoms with Crippen LogP contribution >= 0.6 is 0 Å². The van der Waals surface area contributed by atoms with Crippen LogP contribution in [0.5, 0.6) is 0 Å². The summed E-state index contributed by atoms with van der Waals surface area (Å²) < 4.78 is 5.41. The van der Waals surface area contributed by atoms with Crippen molar-refractivity contribution < 1.29 is 4.74 Å². The van der Waals surface area contributed by atoms with Crippen LogP contribution in [0.3, 0.4) is 0 Å². The molecule has 1 N–H and O–H groups in total. The Morgan fingerprint density at radius 3 is 2.50 bits per heavy atom. The second kappa shape index (κ2) is 7.29. The van der Waals surface area contributed by atoms with E-state index in [1.54, 1.807) is 0 Å². The average molecular weight is 227 g/mol. The molecule has 1 heterocycles. The predicted molar refractivity (Wildman–Crippen MR) is 69.7 cm³/mol. The molecular formula is C14H29NO. The van der Waals surface area contributed by atoms with E-state index < -0.39 is 0 Å². The third-order valence-electron chi connectivity index (χ3n) is 3.95. The average Bonchev–Trinajstić information content (AvgIpc) is 2.29. The normalized spacial score (nSPS) is 21.9. The summed E-state index contributed by atoms with van der Waals surface area (Å²) >= 11 is 0. The van der Waals surface area contributed by atoms with Gasteiger partial charge < -0.3 is 10.1 Å². The highest BCUT2D eigenvalue weighted by molar-refractivity contribution is 4.78. The second-order valence-corrected chi connectivity index (χ2v) is 5.69. The van der Waals surface area contributed by atoms with Gasteiger partial charge >= 0.3 is 0 Å². The maximum atomic E-state index is 5.41. The van der Waals surface area contributed by atoms with Crippen molar-refractivity contribution in [2.75, 3.05) is 26.8 Å². The third-order valence-corrected chi connectivity index (χ3v) is 3.95. The Hall–Kier alpha value is -0.0800. The van der Waals surface area contributed by atoms with E-state index >= 15 is 0 Å². The molecular weight excluding hydrogens is 198 g/mol. The molecule has 0 aromatic rings. The molecule has 0 bridgehead atoms. The molecule has 0 spiro atoms. The maximum Gasteiger partial charge on any atom is 0.0468 e. The zero-order chi connectivity index (χ0) is 11.9. The van der Waals surface area contributed by atoms with Gasteiger partial charge in [0.15, 0.2) is 0 Å². The van der Waals surface area contributed by atoms with E-state index in [0.717, 1.165) is 25.7 Å². The Morgan fingerprint density at radius 2 is 1.94 bits per heavy atom. The largest absolute Gasteiger partial charge is 0.381 e. The van der Waals surface area contributed by atoms with E-state index in [0.29, 0.717) is 5.41 Å². The molecule has 0 amide bonds. The SMILES string of the molecule is CCCC(C)(CCC1CCOCC1)CNC. The Kier molecular flexibility index (Phi) is 6.37. The Morgan fingerprint density at radius 1 is 1.25 bits per heavy atom. The lowest BCUT2D eigenvalue weighted by Crippen LogP contribution is -2.30. The van der Waals surface area contributed by atoms with Crippen molar-refractivity contribution in [1.29, 1.82) is 0 Å². The first kappa shape index (κ1) is 14.0. The van der Waals surface area contributed by atoms with Crippen LogP contribution in [0.2, 0.25) is 0 Å². The molecule has 16 heavy (non-hydrogen) atoms. The van der Waals surface area contributed by atoms with Crippen LogP contribution in [0.4, 0.5) is 0 Å². The van der Waals surface area contributed by atoms with Crippen molar-refractivity contribution in [3.05, 3.63) is 0 Å². The maximum absolute atomic E-state index is 5.41. The topological polar surface area (TPSA) is 21.3 Å². The van der Waals surface area contributed by atoms with E-state index in [1.807, 2.05) is 0 Å². The third kappa shape index (κ3) is 4.84. The minimum Gasteiger partial charge on any atom is -0.381 e. The fourth-order valence-electron chi connectivity index (χ4n) is 2.92. The number of hydrogen-bond acceptors (Lipinski definition) is 2. The molecule has 0 aliphatic carbocycles. The lowest BCUT2D eigenvalue weighted by Gasteiger charge is -2.32. The van der Waals surface area contributed by atoms with Gasteiger partial charge in [0, 0.05) is 19.8 Å². The quantitative estimate of drug-likeness (QED) is 0.721. The number of ether oxygens (including phenoxy) is 1. The van der Waals surface area contributed by atoms with Crippen molar-refractivity contribution in [2.24, 2.45) is 11.3 Å². The van der Waals surface area contributed by atoms with E-state index in [2.05, 4.69) is 26.2 Å². The minimum absolute atomic E-state index is 0.502. The van der Waals surface area contributed by atoms with Crippen LogP contribution in [-0.4, -0.2) is 26.8 Å². The van der Waals surface area contributed by atoms with E-state index in [4.69, 9.17) is 4.74 Å². The molecule has 1 atom stereocenters. The fraction of sp³-hybridized carbons (Fsp3) is 1.00. The lowest BCUT2D eigenvalue weighted by atomic mass is 9.78. The van der Waals surface area contributed by atoms with Crippen molar-refractivity contribution in [3.8, 4) is 0 Å². The van der Waals surface area contributed by atoms with E-state index in [9.17, 15) is 0 Å². The highest BCUT2D eigenvalue weighted by atomic mass is 16.5. The van der Waals surface area contributed by atoms with Crippen LogP contribution in [0.1, 0.15) is 52.4 Å². The molecule has 1 fully saturated rings. The number of rotatable bonds is 7. The first-order valence-corrected chi connectivity index (χ1v) is 6.92. The molecule has 1 aliphatic rings. The smallest absolute Gasteiger partial charge is 0.0468 e. The van der Waals surface area contributed by atoms with E-state index in [1.165, 1.54) is 38.5 Å². The molecule has 1 rings (SSSR count). The molecule has 96 valence electrons. The van der Waals surface area contributed by atoms with Gasteiger partial charge in [-0.25, -0.2) is 0 Å². The summed E-state index contributed by atoms with van der Waals surface area (Å²) in [7, 11) is 2.07. The van der Waals surface area contributed by atoms with Crippen molar-refractivity contribution in [1.82, 2.24) is 5.32 Å². The molecule has 2 nitrogen and oxygen atoms in total. The standard InChI is InChI=1S/C14H29NO/c1-4-8-14(2,12-15-3)9-5-13-6-10-16-11-7-13/h13,15H,4-12H2,1-3H3. The summed E-state index contributed by atoms with van der Waals surface area (Å²) in [6.07, 6.45) is 7.96. The van der Waals surface area contributed by atoms with Gasteiger partial charge in [-0.2, -0.15) is 0 Å². The molecule has 1 saturated heterocycles. The number of nitrogens with one attached hydrogen (secondary N) is 1. The highest BCUT2D eigenvalue weighted by Gasteiger charge is 2.24.